The van der Waals surface area contributed by atoms with Crippen LogP contribution in [0.3, 0.4) is 0 Å². The smallest absolute Gasteiger partial charge is 0.255 e. The molecule has 0 unspecified atom stereocenters. The van der Waals surface area contributed by atoms with Gasteiger partial charge in [-0.05, 0) is 48.5 Å². The molecule has 0 spiro atoms. The van der Waals surface area contributed by atoms with Crippen molar-refractivity contribution in [3.05, 3.63) is 84.8 Å². The van der Waals surface area contributed by atoms with E-state index in [1.54, 1.807) is 29.2 Å². The summed E-state index contributed by atoms with van der Waals surface area (Å²) in [5.74, 6) is 0.461. The van der Waals surface area contributed by atoms with Gasteiger partial charge in [-0.2, -0.15) is 10.2 Å². The van der Waals surface area contributed by atoms with E-state index >= 15 is 0 Å². The summed E-state index contributed by atoms with van der Waals surface area (Å²) in [6.45, 7) is 0. The molecule has 1 amide bonds. The SMILES string of the molecule is CN(C)c1cnnc(Nc2ccc(NC(=O)c3cccc(-n4cccn4)c3)cc2)c1. The molecule has 0 saturated heterocycles. The molecule has 2 N–H and O–H groups in total. The molecule has 0 bridgehead atoms. The standard InChI is InChI=1S/C22H21N7O/c1-28(2)20-14-21(27-23-15-20)25-17-7-9-18(10-8-17)26-22(30)16-5-3-6-19(13-16)29-12-4-11-24-29/h3-15H,1-2H3,(H,25,27)(H,26,30). The molecule has 4 aromatic rings. The van der Waals surface area contributed by atoms with E-state index in [0.29, 0.717) is 17.1 Å². The summed E-state index contributed by atoms with van der Waals surface area (Å²) in [6, 6.07) is 18.5. The summed E-state index contributed by atoms with van der Waals surface area (Å²) in [7, 11) is 3.89. The highest BCUT2D eigenvalue weighted by Gasteiger charge is 2.08. The Kier molecular flexibility index (Phi) is 5.38. The van der Waals surface area contributed by atoms with Gasteiger partial charge in [-0.25, -0.2) is 4.68 Å². The number of carbonyl (C=O) groups is 1. The number of aromatic nitrogens is 4. The van der Waals surface area contributed by atoms with Gasteiger partial charge in [0.1, 0.15) is 0 Å². The maximum atomic E-state index is 12.6. The summed E-state index contributed by atoms with van der Waals surface area (Å²) in [6.07, 6.45) is 5.23. The number of hydrogen-bond donors (Lipinski definition) is 2. The zero-order valence-electron chi connectivity index (χ0n) is 16.6. The summed E-state index contributed by atoms with van der Waals surface area (Å²) < 4.78 is 1.71. The van der Waals surface area contributed by atoms with Crippen molar-refractivity contribution in [2.75, 3.05) is 29.6 Å². The van der Waals surface area contributed by atoms with Gasteiger partial charge in [0, 0.05) is 49.5 Å². The molecule has 0 aliphatic rings. The number of anilines is 4. The summed E-state index contributed by atoms with van der Waals surface area (Å²) in [4.78, 5) is 14.6. The van der Waals surface area contributed by atoms with Crippen LogP contribution in [0.5, 0.6) is 0 Å². The highest BCUT2D eigenvalue weighted by Crippen LogP contribution is 2.20. The number of amides is 1. The lowest BCUT2D eigenvalue weighted by Gasteiger charge is -2.13. The van der Waals surface area contributed by atoms with Gasteiger partial charge < -0.3 is 15.5 Å². The normalized spacial score (nSPS) is 10.5. The Balaban J connectivity index is 1.43. The van der Waals surface area contributed by atoms with E-state index in [0.717, 1.165) is 17.1 Å². The molecule has 150 valence electrons. The minimum Gasteiger partial charge on any atom is -0.376 e. The van der Waals surface area contributed by atoms with Gasteiger partial charge in [-0.3, -0.25) is 4.79 Å². The first-order chi connectivity index (χ1) is 14.6. The summed E-state index contributed by atoms with van der Waals surface area (Å²) in [5, 5.41) is 18.4. The third kappa shape index (κ3) is 4.44. The van der Waals surface area contributed by atoms with Crippen LogP contribution in [0.25, 0.3) is 5.69 Å². The van der Waals surface area contributed by atoms with E-state index in [1.165, 1.54) is 0 Å². The highest BCUT2D eigenvalue weighted by molar-refractivity contribution is 6.04. The zero-order chi connectivity index (χ0) is 20.9. The van der Waals surface area contributed by atoms with Crippen LogP contribution in [-0.2, 0) is 0 Å². The second kappa shape index (κ2) is 8.44. The quantitative estimate of drug-likeness (QED) is 0.514. The van der Waals surface area contributed by atoms with E-state index in [9.17, 15) is 4.79 Å². The molecular formula is C22H21N7O. The van der Waals surface area contributed by atoms with Gasteiger partial charge in [0.05, 0.1) is 17.6 Å². The number of benzene rings is 2. The van der Waals surface area contributed by atoms with Crippen LogP contribution in [0, 0.1) is 0 Å². The molecule has 0 fully saturated rings. The first-order valence-electron chi connectivity index (χ1n) is 9.37. The monoisotopic (exact) mass is 399 g/mol. The lowest BCUT2D eigenvalue weighted by molar-refractivity contribution is 0.102. The predicted molar refractivity (Wildman–Crippen MR) is 118 cm³/mol. The first-order valence-corrected chi connectivity index (χ1v) is 9.37. The second-order valence-electron chi connectivity index (χ2n) is 6.85. The summed E-state index contributed by atoms with van der Waals surface area (Å²) >= 11 is 0. The Morgan fingerprint density at radius 3 is 2.53 bits per heavy atom. The van der Waals surface area contributed by atoms with Crippen molar-refractivity contribution in [1.82, 2.24) is 20.0 Å². The Labute approximate surface area is 174 Å². The molecule has 0 atom stereocenters. The molecule has 4 rings (SSSR count). The van der Waals surface area contributed by atoms with Crippen molar-refractivity contribution in [2.45, 2.75) is 0 Å². The lowest BCUT2D eigenvalue weighted by Crippen LogP contribution is -2.12. The van der Waals surface area contributed by atoms with Crippen molar-refractivity contribution < 1.29 is 4.79 Å². The van der Waals surface area contributed by atoms with Gasteiger partial charge in [0.2, 0.25) is 0 Å². The lowest BCUT2D eigenvalue weighted by atomic mass is 10.2. The number of rotatable bonds is 6. The second-order valence-corrected chi connectivity index (χ2v) is 6.85. The largest absolute Gasteiger partial charge is 0.376 e. The third-order valence-electron chi connectivity index (χ3n) is 4.45. The minimum absolute atomic E-state index is 0.186. The Bertz CT molecular complexity index is 1140. The minimum atomic E-state index is -0.186. The van der Waals surface area contributed by atoms with E-state index in [-0.39, 0.29) is 5.91 Å². The molecule has 30 heavy (non-hydrogen) atoms. The van der Waals surface area contributed by atoms with Crippen LogP contribution in [0.15, 0.2) is 79.3 Å². The zero-order valence-corrected chi connectivity index (χ0v) is 16.6. The Hall–Kier alpha value is -4.20. The number of nitrogens with one attached hydrogen (secondary N) is 2. The van der Waals surface area contributed by atoms with E-state index in [1.807, 2.05) is 73.7 Å². The van der Waals surface area contributed by atoms with Crippen molar-refractivity contribution in [3.8, 4) is 5.69 Å². The Morgan fingerprint density at radius 2 is 1.80 bits per heavy atom. The van der Waals surface area contributed by atoms with Crippen LogP contribution < -0.4 is 15.5 Å². The first kappa shape index (κ1) is 19.1. The molecule has 8 nitrogen and oxygen atoms in total. The molecular weight excluding hydrogens is 378 g/mol. The fourth-order valence-corrected chi connectivity index (χ4v) is 2.86. The van der Waals surface area contributed by atoms with Crippen molar-refractivity contribution in [3.63, 3.8) is 0 Å². The van der Waals surface area contributed by atoms with E-state index in [4.69, 9.17) is 0 Å². The van der Waals surface area contributed by atoms with Crippen molar-refractivity contribution >= 4 is 28.8 Å². The van der Waals surface area contributed by atoms with Crippen LogP contribution in [0.1, 0.15) is 10.4 Å². The van der Waals surface area contributed by atoms with Gasteiger partial charge in [-0.15, -0.1) is 5.10 Å². The maximum Gasteiger partial charge on any atom is 0.255 e. The molecule has 0 radical (unpaired) electrons. The molecule has 2 heterocycles. The fourth-order valence-electron chi connectivity index (χ4n) is 2.86. The molecule has 0 saturated carbocycles. The predicted octanol–water partition coefficient (Wildman–Crippen LogP) is 3.72. The average Bonchev–Trinajstić information content (AvgIpc) is 3.30. The fraction of sp³-hybridized carbons (Fsp3) is 0.0909. The number of hydrogen-bond acceptors (Lipinski definition) is 6. The van der Waals surface area contributed by atoms with Gasteiger partial charge in [-0.1, -0.05) is 6.07 Å². The number of carbonyl (C=O) groups excluding carboxylic acids is 1. The Morgan fingerprint density at radius 1 is 1.00 bits per heavy atom. The van der Waals surface area contributed by atoms with Crippen LogP contribution in [0.4, 0.5) is 22.9 Å². The van der Waals surface area contributed by atoms with Crippen molar-refractivity contribution in [2.24, 2.45) is 0 Å². The molecule has 0 aliphatic carbocycles. The van der Waals surface area contributed by atoms with E-state index < -0.39 is 0 Å². The van der Waals surface area contributed by atoms with Crippen molar-refractivity contribution in [1.29, 1.82) is 0 Å². The van der Waals surface area contributed by atoms with E-state index in [2.05, 4.69) is 25.9 Å². The maximum absolute atomic E-state index is 12.6. The van der Waals surface area contributed by atoms with Crippen LogP contribution in [0.2, 0.25) is 0 Å². The highest BCUT2D eigenvalue weighted by atomic mass is 16.1. The molecule has 2 aromatic heterocycles. The number of nitrogens with zero attached hydrogens (tertiary/aromatic N) is 5. The average molecular weight is 399 g/mol. The topological polar surface area (TPSA) is 88.0 Å². The molecule has 8 heteroatoms. The van der Waals surface area contributed by atoms with Gasteiger partial charge >= 0.3 is 0 Å². The van der Waals surface area contributed by atoms with Crippen LogP contribution >= 0.6 is 0 Å². The molecule has 2 aromatic carbocycles. The van der Waals surface area contributed by atoms with Crippen LogP contribution in [-0.4, -0.2) is 40.0 Å². The molecule has 0 aliphatic heterocycles. The van der Waals surface area contributed by atoms with Gasteiger partial charge in [0.15, 0.2) is 5.82 Å². The summed E-state index contributed by atoms with van der Waals surface area (Å²) in [5.41, 5.74) is 3.88. The third-order valence-corrected chi connectivity index (χ3v) is 4.45. The van der Waals surface area contributed by atoms with Gasteiger partial charge in [0.25, 0.3) is 5.91 Å².